The molecule has 0 spiro atoms. The molecule has 2 aromatic rings. The SMILES string of the molecule is CCCCCc1ccc(O)c2c1C[C@H]1C[C@H]3[C@H](N(C)C)C(=O)C(C(N)=O)=C(O)[C@@]3(O)C(ON(C)[C@H]3C(=O)C(C(N)=O)=C(O)[C@@]4(O)C(=O)C5=C(O)c6c(O)ccc(CC)c6C[C@H]5C[C@@H]34)=C1C2=O. The smallest absolute Gasteiger partial charge is 0.255 e. The van der Waals surface area contributed by atoms with Gasteiger partial charge in [0.25, 0.3) is 11.8 Å². The van der Waals surface area contributed by atoms with Crippen molar-refractivity contribution >= 4 is 40.7 Å². The number of aromatic hydroxyl groups is 2. The maximum Gasteiger partial charge on any atom is 0.255 e. The van der Waals surface area contributed by atoms with Crippen molar-refractivity contribution in [2.45, 2.75) is 94.9 Å². The van der Waals surface area contributed by atoms with Gasteiger partial charge in [-0.1, -0.05) is 38.8 Å². The molecule has 1 fully saturated rings. The lowest BCUT2D eigenvalue weighted by Crippen LogP contribution is -2.67. The Hall–Kier alpha value is -6.34. The molecule has 0 heterocycles. The summed E-state index contributed by atoms with van der Waals surface area (Å²) in [7, 11) is 4.12. The normalized spacial score (nSPS) is 29.4. The fourth-order valence-corrected chi connectivity index (χ4v) is 11.9. The molecule has 350 valence electrons. The number of benzene rings is 2. The van der Waals surface area contributed by atoms with Crippen LogP contribution in [-0.2, 0) is 54.5 Å². The van der Waals surface area contributed by atoms with Gasteiger partial charge in [0.15, 0.2) is 34.3 Å². The van der Waals surface area contributed by atoms with Crippen LogP contribution in [0.1, 0.15) is 84.1 Å². The van der Waals surface area contributed by atoms with Gasteiger partial charge in [-0.25, -0.2) is 0 Å². The maximum absolute atomic E-state index is 15.1. The lowest BCUT2D eigenvalue weighted by molar-refractivity contribution is -0.208. The number of rotatable bonds is 11. The summed E-state index contributed by atoms with van der Waals surface area (Å²) >= 11 is 0. The number of phenolic OH excluding ortho intramolecular Hbond substituents is 2. The first-order chi connectivity index (χ1) is 31.1. The van der Waals surface area contributed by atoms with E-state index in [-0.39, 0.29) is 53.7 Å². The number of aliphatic hydroxyl groups is 5. The van der Waals surface area contributed by atoms with Gasteiger partial charge in [0.05, 0.1) is 17.2 Å². The molecule has 6 aliphatic rings. The van der Waals surface area contributed by atoms with Crippen molar-refractivity contribution in [1.82, 2.24) is 9.96 Å². The topological polar surface area (TPSA) is 312 Å². The molecule has 66 heavy (non-hydrogen) atoms. The number of aryl methyl sites for hydroxylation is 2. The third-order valence-electron chi connectivity index (χ3n) is 14.9. The highest BCUT2D eigenvalue weighted by molar-refractivity contribution is 6.25. The number of carbonyl (C=O) groups excluding carboxylic acids is 6. The Morgan fingerprint density at radius 2 is 1.23 bits per heavy atom. The Labute approximate surface area is 379 Å². The van der Waals surface area contributed by atoms with E-state index in [1.54, 1.807) is 12.1 Å². The number of aliphatic hydroxyl groups excluding tert-OH is 3. The number of carbonyl (C=O) groups is 6. The summed E-state index contributed by atoms with van der Waals surface area (Å²) in [6.45, 7) is 3.89. The molecule has 2 amide bonds. The first-order valence-corrected chi connectivity index (χ1v) is 22.1. The molecule has 0 aliphatic heterocycles. The van der Waals surface area contributed by atoms with Crippen molar-refractivity contribution in [2.24, 2.45) is 35.1 Å². The molecule has 0 radical (unpaired) electrons. The minimum Gasteiger partial charge on any atom is -0.508 e. The highest BCUT2D eigenvalue weighted by Crippen LogP contribution is 2.57. The number of Topliss-reactive ketones (excluding diaryl/α,β-unsaturated/α-hetero) is 4. The zero-order valence-corrected chi connectivity index (χ0v) is 37.2. The number of primary amides is 2. The number of amides is 2. The molecule has 1 saturated carbocycles. The summed E-state index contributed by atoms with van der Waals surface area (Å²) in [5.41, 5.74) is 4.77. The van der Waals surface area contributed by atoms with Crippen LogP contribution >= 0.6 is 0 Å². The van der Waals surface area contributed by atoms with Gasteiger partial charge in [0.1, 0.15) is 46.0 Å². The molecular formula is C48H54N4O14. The van der Waals surface area contributed by atoms with Crippen molar-refractivity contribution in [1.29, 1.82) is 0 Å². The van der Waals surface area contributed by atoms with Gasteiger partial charge >= 0.3 is 0 Å². The molecule has 8 rings (SSSR count). The van der Waals surface area contributed by atoms with Gasteiger partial charge in [0.2, 0.25) is 5.78 Å². The van der Waals surface area contributed by atoms with Crippen LogP contribution in [0.4, 0.5) is 0 Å². The number of allylic oxidation sites excluding steroid dienone is 1. The van der Waals surface area contributed by atoms with Crippen LogP contribution in [0.5, 0.6) is 11.5 Å². The molecule has 6 aliphatic carbocycles. The first kappa shape index (κ1) is 46.2. The van der Waals surface area contributed by atoms with Crippen molar-refractivity contribution < 1.29 is 69.4 Å². The van der Waals surface area contributed by atoms with Crippen LogP contribution in [0.25, 0.3) is 5.76 Å². The maximum atomic E-state index is 15.1. The van der Waals surface area contributed by atoms with Crippen molar-refractivity contribution in [3.05, 3.63) is 97.2 Å². The van der Waals surface area contributed by atoms with Gasteiger partial charge < -0.3 is 52.1 Å². The Morgan fingerprint density at radius 3 is 1.79 bits per heavy atom. The van der Waals surface area contributed by atoms with Crippen LogP contribution in [0.3, 0.4) is 0 Å². The number of likely N-dealkylation sites (N-methyl/N-ethyl adjacent to an activating group) is 2. The van der Waals surface area contributed by atoms with E-state index in [4.69, 9.17) is 16.3 Å². The summed E-state index contributed by atoms with van der Waals surface area (Å²) < 4.78 is 0. The lowest BCUT2D eigenvalue weighted by Gasteiger charge is -2.53. The average molecular weight is 911 g/mol. The summed E-state index contributed by atoms with van der Waals surface area (Å²) in [5.74, 6) is -17.0. The van der Waals surface area contributed by atoms with Crippen molar-refractivity contribution in [3.63, 3.8) is 0 Å². The summed E-state index contributed by atoms with van der Waals surface area (Å²) in [6, 6.07) is 2.78. The fourth-order valence-electron chi connectivity index (χ4n) is 11.9. The van der Waals surface area contributed by atoms with E-state index >= 15 is 4.79 Å². The van der Waals surface area contributed by atoms with Crippen LogP contribution in [0, 0.1) is 23.7 Å². The van der Waals surface area contributed by atoms with Crippen molar-refractivity contribution in [3.8, 4) is 11.5 Å². The quantitative estimate of drug-likeness (QED) is 0.0886. The van der Waals surface area contributed by atoms with Gasteiger partial charge in [0, 0.05) is 30.0 Å². The second-order valence-electron chi connectivity index (χ2n) is 18.6. The van der Waals surface area contributed by atoms with E-state index in [1.807, 2.05) is 13.8 Å². The molecule has 18 nitrogen and oxygen atoms in total. The number of fused-ring (bicyclic) bond motifs is 6. The van der Waals surface area contributed by atoms with Crippen LogP contribution in [0.2, 0.25) is 0 Å². The van der Waals surface area contributed by atoms with E-state index in [1.165, 1.54) is 31.1 Å². The van der Waals surface area contributed by atoms with Crippen LogP contribution in [0.15, 0.2) is 63.8 Å². The van der Waals surface area contributed by atoms with Gasteiger partial charge in [-0.05, 0) is 105 Å². The number of nitrogens with zero attached hydrogens (tertiary/aromatic N) is 2. The fraction of sp³-hybridized carbons (Fsp3) is 0.458. The summed E-state index contributed by atoms with van der Waals surface area (Å²) in [4.78, 5) is 92.5. The molecule has 11 N–H and O–H groups in total. The third-order valence-corrected chi connectivity index (χ3v) is 14.9. The third kappa shape index (κ3) is 6.36. The van der Waals surface area contributed by atoms with Gasteiger partial charge in [-0.3, -0.25) is 33.7 Å². The molecule has 2 aromatic carbocycles. The highest BCUT2D eigenvalue weighted by atomic mass is 16.7. The Bertz CT molecular complexity index is 2700. The molecule has 0 unspecified atom stereocenters. The van der Waals surface area contributed by atoms with Crippen LogP contribution in [-0.4, -0.2) is 125 Å². The first-order valence-electron chi connectivity index (χ1n) is 22.1. The largest absolute Gasteiger partial charge is 0.508 e. The predicted molar refractivity (Wildman–Crippen MR) is 233 cm³/mol. The number of ketones is 4. The molecule has 0 aromatic heterocycles. The lowest BCUT2D eigenvalue weighted by atomic mass is 9.57. The minimum atomic E-state index is -3.14. The number of phenols is 2. The zero-order valence-electron chi connectivity index (χ0n) is 37.2. The van der Waals surface area contributed by atoms with E-state index in [0.717, 1.165) is 42.5 Å². The number of unbranched alkanes of at least 4 members (excludes halogenated alkanes) is 2. The average Bonchev–Trinajstić information content (AvgIpc) is 3.23. The van der Waals surface area contributed by atoms with E-state index < -0.39 is 122 Å². The minimum absolute atomic E-state index is 0.0218. The standard InChI is InChI=1S/C48H54N4O14/c1-6-8-9-10-20-12-14-28(54)32-24(20)16-22-18-25-35(51(3)4)39(57)33(45(49)62)43(61)48(25,65)44(30(22)38(32)56)66-52(5)36-26-17-21-15-23-19(7-2)11-13-27(53)31(23)37(55)29(21)41(59)47(26,64)42(60)34(40(36)58)46(50)63/h11-14,21-22,25-26,35-36,53-55,60-61,64-65H,6-10,15-18H2,1-5H3,(H2,49,62)(H2,50,63)/t21-,22-,25-,26-,35-,36+,47-,48+/m0/s1. The summed E-state index contributed by atoms with van der Waals surface area (Å²) in [5, 5.41) is 83.9. The van der Waals surface area contributed by atoms with Gasteiger partial charge in [-0.15, -0.1) is 5.06 Å². The monoisotopic (exact) mass is 910 g/mol. The molecular weight excluding hydrogens is 857 g/mol. The van der Waals surface area contributed by atoms with E-state index in [0.29, 0.717) is 24.0 Å². The number of hydroxylamine groups is 2. The van der Waals surface area contributed by atoms with Crippen LogP contribution < -0.4 is 11.5 Å². The highest BCUT2D eigenvalue weighted by Gasteiger charge is 2.67. The number of nitrogens with two attached hydrogens (primary N) is 2. The Balaban J connectivity index is 1.33. The van der Waals surface area contributed by atoms with E-state index in [2.05, 4.69) is 0 Å². The predicted octanol–water partition coefficient (Wildman–Crippen LogP) is 2.14. The molecule has 0 bridgehead atoms. The van der Waals surface area contributed by atoms with E-state index in [9.17, 15) is 59.7 Å². The second-order valence-corrected chi connectivity index (χ2v) is 18.6. The number of hydrogen-bond donors (Lipinski definition) is 9. The van der Waals surface area contributed by atoms with Crippen molar-refractivity contribution in [2.75, 3.05) is 21.1 Å². The summed E-state index contributed by atoms with van der Waals surface area (Å²) in [6.07, 6.45) is 3.21. The molecule has 18 heteroatoms. The molecule has 0 saturated heterocycles. The van der Waals surface area contributed by atoms with Gasteiger partial charge in [-0.2, -0.15) is 0 Å². The second kappa shape index (κ2) is 16.2. The Kier molecular flexibility index (Phi) is 11.4. The number of hydrogen-bond acceptors (Lipinski definition) is 16. The Morgan fingerprint density at radius 1 is 0.712 bits per heavy atom. The zero-order chi connectivity index (χ0) is 48.2. The molecule has 8 atom stereocenters.